The Morgan fingerprint density at radius 2 is 1.92 bits per heavy atom. The number of fused-ring (bicyclic) bond motifs is 2. The summed E-state index contributed by atoms with van der Waals surface area (Å²) in [4.78, 5) is 44.5. The number of benzene rings is 1. The number of aromatic hydroxyl groups is 1. The second-order valence-corrected chi connectivity index (χ2v) is 10.1. The third-order valence-corrected chi connectivity index (χ3v) is 7.57. The van der Waals surface area contributed by atoms with Crippen molar-refractivity contribution in [2.24, 2.45) is 17.6 Å². The number of aliphatic hydroxyl groups is 3. The zero-order valence-electron chi connectivity index (χ0n) is 20.9. The van der Waals surface area contributed by atoms with Crippen LogP contribution < -0.4 is 5.73 Å². The number of likely N-dealkylation sites (N-methyl/N-ethyl adjacent to an activating group) is 1. The Morgan fingerprint density at radius 3 is 2.49 bits per heavy atom. The number of aliphatic hydroxyl groups excluding tert-OH is 2. The number of hydrogen-bond donors (Lipinski definition) is 5. The molecule has 1 amide bonds. The van der Waals surface area contributed by atoms with Crippen molar-refractivity contribution in [1.82, 2.24) is 9.88 Å². The van der Waals surface area contributed by atoms with Crippen molar-refractivity contribution in [2.75, 3.05) is 20.7 Å². The minimum atomic E-state index is -2.63. The average Bonchev–Trinajstić information content (AvgIpc) is 2.82. The van der Waals surface area contributed by atoms with E-state index >= 15 is 0 Å². The van der Waals surface area contributed by atoms with Gasteiger partial charge in [0.2, 0.25) is 5.91 Å². The molecule has 0 bridgehead atoms. The molecule has 10 heteroatoms. The molecule has 4 atom stereocenters. The fourth-order valence-electron chi connectivity index (χ4n) is 5.71. The third-order valence-electron chi connectivity index (χ3n) is 7.57. The van der Waals surface area contributed by atoms with Gasteiger partial charge >= 0.3 is 0 Å². The van der Waals surface area contributed by atoms with E-state index < -0.39 is 59.7 Å². The van der Waals surface area contributed by atoms with Crippen LogP contribution >= 0.6 is 0 Å². The highest BCUT2D eigenvalue weighted by Gasteiger charge is 2.58. The van der Waals surface area contributed by atoms with Crippen molar-refractivity contribution in [2.45, 2.75) is 37.8 Å². The van der Waals surface area contributed by atoms with E-state index in [9.17, 15) is 34.8 Å². The lowest BCUT2D eigenvalue weighted by Gasteiger charge is -2.47. The van der Waals surface area contributed by atoms with Gasteiger partial charge in [0.1, 0.15) is 11.5 Å². The number of nitrogens with two attached hydrogens (primary N) is 1. The number of nitrogens with zero attached hydrogens (tertiary/aromatic N) is 2. The number of pyridine rings is 1. The Balaban J connectivity index is 1.93. The molecule has 1 aromatic heterocycles. The molecule has 2 aromatic rings. The van der Waals surface area contributed by atoms with E-state index in [1.54, 1.807) is 31.3 Å². The van der Waals surface area contributed by atoms with Gasteiger partial charge in [-0.15, -0.1) is 0 Å². The fourth-order valence-corrected chi connectivity index (χ4v) is 5.71. The van der Waals surface area contributed by atoms with Crippen molar-refractivity contribution in [1.29, 1.82) is 0 Å². The van der Waals surface area contributed by atoms with Crippen molar-refractivity contribution in [3.05, 3.63) is 58.5 Å². The Morgan fingerprint density at radius 1 is 1.22 bits per heavy atom. The van der Waals surface area contributed by atoms with Crippen LogP contribution in [0.15, 0.2) is 41.8 Å². The monoisotopic (exact) mass is 509 g/mol. The number of phenols is 1. The molecule has 0 saturated carbocycles. The number of hydrogen-bond acceptors (Lipinski definition) is 9. The standard InChI is InChI=1S/C27H31N3O7/c1-13-4-6-18(29-11-13)15-5-7-20(32)24-16(15)8-14-9-17(19(12-31)30(2)3)27(37,21(33)10-22(28)34)26(36)23(14)25(24)35/h4-7,11,14,17,19,31-32,36-37H,8-10,12H2,1-3H3,(H2,28,34)/t14-,17-,19+,27+/m0/s1. The van der Waals surface area contributed by atoms with Gasteiger partial charge in [0.25, 0.3) is 0 Å². The molecule has 37 heavy (non-hydrogen) atoms. The van der Waals surface area contributed by atoms with Gasteiger partial charge in [-0.3, -0.25) is 19.4 Å². The number of Topliss-reactive ketones (excluding diaryl/α,β-unsaturated/α-hetero) is 2. The first-order valence-corrected chi connectivity index (χ1v) is 12.0. The van der Waals surface area contributed by atoms with Gasteiger partial charge in [-0.05, 0) is 69.1 Å². The average molecular weight is 510 g/mol. The van der Waals surface area contributed by atoms with E-state index in [0.29, 0.717) is 16.8 Å². The number of aromatic nitrogens is 1. The number of amides is 1. The van der Waals surface area contributed by atoms with Crippen LogP contribution in [-0.4, -0.2) is 80.1 Å². The lowest BCUT2D eigenvalue weighted by atomic mass is 9.61. The maximum Gasteiger partial charge on any atom is 0.225 e. The summed E-state index contributed by atoms with van der Waals surface area (Å²) >= 11 is 0. The molecule has 0 radical (unpaired) electrons. The first kappa shape index (κ1) is 26.5. The molecular weight excluding hydrogens is 478 g/mol. The van der Waals surface area contributed by atoms with Crippen molar-refractivity contribution in [3.8, 4) is 17.0 Å². The predicted octanol–water partition coefficient (Wildman–Crippen LogP) is 1.05. The van der Waals surface area contributed by atoms with E-state index in [-0.39, 0.29) is 29.7 Å². The molecule has 1 heterocycles. The number of rotatable bonds is 7. The molecule has 4 rings (SSSR count). The number of phenolic OH excluding ortho intramolecular Hbond substituents is 1. The topological polar surface area (TPSA) is 174 Å². The molecular formula is C27H31N3O7. The third kappa shape index (κ3) is 4.30. The summed E-state index contributed by atoms with van der Waals surface area (Å²) in [5.41, 5.74) is 5.10. The van der Waals surface area contributed by atoms with Crippen LogP contribution in [0.25, 0.3) is 11.3 Å². The number of aryl methyl sites for hydroxylation is 1. The van der Waals surface area contributed by atoms with Gasteiger partial charge < -0.3 is 31.1 Å². The number of carbonyl (C=O) groups is 3. The molecule has 0 spiro atoms. The number of ketones is 2. The highest BCUT2D eigenvalue weighted by molar-refractivity contribution is 6.15. The summed E-state index contributed by atoms with van der Waals surface area (Å²) in [7, 11) is 3.30. The van der Waals surface area contributed by atoms with Crippen LogP contribution in [0.4, 0.5) is 0 Å². The quantitative estimate of drug-likeness (QED) is 0.342. The first-order chi connectivity index (χ1) is 17.4. The van der Waals surface area contributed by atoms with Crippen LogP contribution in [0.5, 0.6) is 5.75 Å². The molecule has 0 fully saturated rings. The van der Waals surface area contributed by atoms with E-state index in [0.717, 1.165) is 5.56 Å². The second kappa shape index (κ2) is 9.70. The SMILES string of the molecule is Cc1ccc(-c2ccc(O)c3c2C[C@H]2C[C@@H]([C@@H](CO)N(C)C)[C@@](O)(C(=O)CC(N)=O)C(O)=C2C3=O)nc1. The zero-order chi connectivity index (χ0) is 27.2. The van der Waals surface area contributed by atoms with Gasteiger partial charge in [-0.25, -0.2) is 0 Å². The number of allylic oxidation sites excluding steroid dienone is 1. The number of primary amides is 1. The van der Waals surface area contributed by atoms with Gasteiger partial charge in [0, 0.05) is 29.3 Å². The van der Waals surface area contributed by atoms with Gasteiger partial charge in [0.05, 0.1) is 24.3 Å². The van der Waals surface area contributed by atoms with Gasteiger partial charge in [0.15, 0.2) is 17.2 Å². The molecule has 0 aliphatic heterocycles. The minimum Gasteiger partial charge on any atom is -0.508 e. The fraction of sp³-hybridized carbons (Fsp3) is 0.407. The summed E-state index contributed by atoms with van der Waals surface area (Å²) in [6.07, 6.45) is 1.09. The molecule has 196 valence electrons. The molecule has 2 aliphatic carbocycles. The van der Waals surface area contributed by atoms with Crippen LogP contribution in [0.3, 0.4) is 0 Å². The van der Waals surface area contributed by atoms with Crippen LogP contribution in [0.1, 0.15) is 34.3 Å². The minimum absolute atomic E-state index is 0.0351. The highest BCUT2D eigenvalue weighted by atomic mass is 16.3. The summed E-state index contributed by atoms with van der Waals surface area (Å²) in [6, 6.07) is 5.96. The normalized spacial score (nSPS) is 24.0. The molecule has 6 N–H and O–H groups in total. The van der Waals surface area contributed by atoms with Crippen molar-refractivity contribution in [3.63, 3.8) is 0 Å². The Kier molecular flexibility index (Phi) is 6.93. The molecule has 2 aliphatic rings. The van der Waals surface area contributed by atoms with Gasteiger partial charge in [-0.2, -0.15) is 0 Å². The smallest absolute Gasteiger partial charge is 0.225 e. The number of carbonyl (C=O) groups excluding carboxylic acids is 3. The molecule has 0 saturated heterocycles. The molecule has 0 unspecified atom stereocenters. The van der Waals surface area contributed by atoms with Crippen LogP contribution in [0.2, 0.25) is 0 Å². The summed E-state index contributed by atoms with van der Waals surface area (Å²) < 4.78 is 0. The van der Waals surface area contributed by atoms with Crippen molar-refractivity contribution < 1.29 is 34.8 Å². The van der Waals surface area contributed by atoms with Crippen molar-refractivity contribution >= 4 is 17.5 Å². The largest absolute Gasteiger partial charge is 0.508 e. The maximum atomic E-state index is 13.8. The lowest BCUT2D eigenvalue weighted by Crippen LogP contribution is -2.60. The Bertz CT molecular complexity index is 1300. The van der Waals surface area contributed by atoms with E-state index in [4.69, 9.17) is 5.73 Å². The first-order valence-electron chi connectivity index (χ1n) is 12.0. The van der Waals surface area contributed by atoms with E-state index in [2.05, 4.69) is 4.98 Å². The lowest BCUT2D eigenvalue weighted by molar-refractivity contribution is -0.151. The highest BCUT2D eigenvalue weighted by Crippen LogP contribution is 2.50. The maximum absolute atomic E-state index is 13.8. The Hall–Kier alpha value is -3.60. The summed E-state index contributed by atoms with van der Waals surface area (Å²) in [5.74, 6) is -5.64. The van der Waals surface area contributed by atoms with Gasteiger partial charge in [-0.1, -0.05) is 6.07 Å². The van der Waals surface area contributed by atoms with Crippen LogP contribution in [0, 0.1) is 18.8 Å². The summed E-state index contributed by atoms with van der Waals surface area (Å²) in [5, 5.41) is 43.8. The van der Waals surface area contributed by atoms with E-state index in [1.165, 1.54) is 6.07 Å². The predicted molar refractivity (Wildman–Crippen MR) is 134 cm³/mol. The molecule has 1 aromatic carbocycles. The molecule has 10 nitrogen and oxygen atoms in total. The second-order valence-electron chi connectivity index (χ2n) is 10.1. The van der Waals surface area contributed by atoms with E-state index in [1.807, 2.05) is 19.1 Å². The zero-order valence-corrected chi connectivity index (χ0v) is 20.9. The Labute approximate surface area is 214 Å². The van der Waals surface area contributed by atoms with Crippen LogP contribution in [-0.2, 0) is 16.0 Å². The summed E-state index contributed by atoms with van der Waals surface area (Å²) in [6.45, 7) is 1.45.